The summed E-state index contributed by atoms with van der Waals surface area (Å²) < 4.78 is 0. The van der Waals surface area contributed by atoms with Gasteiger partial charge < -0.3 is 0 Å². The largest absolute Gasteiger partial charge is 0.0622 e. The smallest absolute Gasteiger partial charge is 0.0133 e. The lowest BCUT2D eigenvalue weighted by molar-refractivity contribution is 0.496. The zero-order chi connectivity index (χ0) is 8.55. The van der Waals surface area contributed by atoms with E-state index >= 15 is 0 Å². The van der Waals surface area contributed by atoms with Crippen LogP contribution in [0.5, 0.6) is 0 Å². The van der Waals surface area contributed by atoms with Crippen molar-refractivity contribution in [2.45, 2.75) is 32.6 Å². The number of hydrogen-bond donors (Lipinski definition) is 0. The third-order valence-corrected chi connectivity index (χ3v) is 2.98. The van der Waals surface area contributed by atoms with Crippen LogP contribution in [-0.2, 0) is 6.42 Å². The van der Waals surface area contributed by atoms with Crippen molar-refractivity contribution in [3.63, 3.8) is 0 Å². The van der Waals surface area contributed by atoms with Crippen molar-refractivity contribution in [1.29, 1.82) is 0 Å². The molecule has 0 aliphatic heterocycles. The molecule has 0 saturated carbocycles. The highest BCUT2D eigenvalue weighted by Crippen LogP contribution is 2.37. The molecule has 0 saturated heterocycles. The molecule has 0 amide bonds. The highest BCUT2D eigenvalue weighted by molar-refractivity contribution is 5.34. The summed E-state index contributed by atoms with van der Waals surface area (Å²) in [5.41, 5.74) is 3.18. The Morgan fingerprint density at radius 2 is 2.00 bits per heavy atom. The number of fused-ring (bicyclic) bond motifs is 1. The van der Waals surface area contributed by atoms with E-state index in [-0.39, 0.29) is 0 Å². The van der Waals surface area contributed by atoms with Gasteiger partial charge in [-0.3, -0.25) is 0 Å². The van der Waals surface area contributed by atoms with Crippen molar-refractivity contribution in [3.05, 3.63) is 35.4 Å². The molecule has 64 valence electrons. The maximum atomic E-state index is 2.33. The minimum atomic E-state index is 0.800. The number of aryl methyl sites for hydroxylation is 1. The molecule has 0 spiro atoms. The lowest BCUT2D eigenvalue weighted by atomic mass is 9.90. The summed E-state index contributed by atoms with van der Waals surface area (Å²) in [6.07, 6.45) is 2.65. The van der Waals surface area contributed by atoms with E-state index in [0.29, 0.717) is 0 Å². The van der Waals surface area contributed by atoms with E-state index in [2.05, 4.69) is 38.1 Å². The third kappa shape index (κ3) is 1.16. The lowest BCUT2D eigenvalue weighted by Crippen LogP contribution is -2.01. The first-order chi connectivity index (χ1) is 5.79. The first kappa shape index (κ1) is 7.85. The maximum Gasteiger partial charge on any atom is -0.0133 e. The second-order valence-electron chi connectivity index (χ2n) is 4.09. The second kappa shape index (κ2) is 2.93. The average Bonchev–Trinajstić information content (AvgIpc) is 2.47. The maximum absolute atomic E-state index is 2.33. The van der Waals surface area contributed by atoms with Crippen LogP contribution in [0.25, 0.3) is 0 Å². The van der Waals surface area contributed by atoms with Crippen molar-refractivity contribution in [1.82, 2.24) is 0 Å². The molecule has 0 unspecified atom stereocenters. The normalized spacial score (nSPS) is 21.4. The van der Waals surface area contributed by atoms with Crippen LogP contribution in [0.15, 0.2) is 24.3 Å². The average molecular weight is 160 g/mol. The molecular weight excluding hydrogens is 144 g/mol. The van der Waals surface area contributed by atoms with Crippen LogP contribution in [-0.4, -0.2) is 0 Å². The molecular formula is C12H16. The number of rotatable bonds is 1. The van der Waals surface area contributed by atoms with E-state index in [9.17, 15) is 0 Å². The van der Waals surface area contributed by atoms with E-state index < -0.39 is 0 Å². The Labute approximate surface area is 74.6 Å². The molecule has 0 N–H and O–H groups in total. The number of benzene rings is 1. The Kier molecular flexibility index (Phi) is 1.92. The summed E-state index contributed by atoms with van der Waals surface area (Å²) in [4.78, 5) is 0. The van der Waals surface area contributed by atoms with Gasteiger partial charge >= 0.3 is 0 Å². The second-order valence-corrected chi connectivity index (χ2v) is 4.09. The molecule has 0 radical (unpaired) electrons. The van der Waals surface area contributed by atoms with Crippen LogP contribution >= 0.6 is 0 Å². The fourth-order valence-corrected chi connectivity index (χ4v) is 2.28. The lowest BCUT2D eigenvalue weighted by Gasteiger charge is -2.14. The molecule has 1 atom stereocenters. The molecule has 1 aliphatic carbocycles. The fraction of sp³-hybridized carbons (Fsp3) is 0.500. The summed E-state index contributed by atoms with van der Waals surface area (Å²) in [7, 11) is 0. The minimum absolute atomic E-state index is 0.800. The molecule has 1 aliphatic rings. The quantitative estimate of drug-likeness (QED) is 0.591. The van der Waals surface area contributed by atoms with Crippen molar-refractivity contribution in [2.75, 3.05) is 0 Å². The van der Waals surface area contributed by atoms with Crippen LogP contribution in [0, 0.1) is 5.92 Å². The first-order valence-corrected chi connectivity index (χ1v) is 4.87. The van der Waals surface area contributed by atoms with Crippen LogP contribution in [0.1, 0.15) is 37.3 Å². The van der Waals surface area contributed by atoms with Crippen LogP contribution in [0.3, 0.4) is 0 Å². The third-order valence-electron chi connectivity index (χ3n) is 2.98. The molecule has 1 aromatic carbocycles. The SMILES string of the molecule is CC(C)[C@H]1CCc2ccccc21. The van der Waals surface area contributed by atoms with Crippen molar-refractivity contribution >= 4 is 0 Å². The Morgan fingerprint density at radius 1 is 1.25 bits per heavy atom. The van der Waals surface area contributed by atoms with Crippen molar-refractivity contribution in [3.8, 4) is 0 Å². The molecule has 12 heavy (non-hydrogen) atoms. The van der Waals surface area contributed by atoms with Gasteiger partial charge in [0.05, 0.1) is 0 Å². The van der Waals surface area contributed by atoms with Gasteiger partial charge in [-0.05, 0) is 35.8 Å². The van der Waals surface area contributed by atoms with Crippen LogP contribution in [0.4, 0.5) is 0 Å². The zero-order valence-corrected chi connectivity index (χ0v) is 7.88. The van der Waals surface area contributed by atoms with Crippen molar-refractivity contribution in [2.24, 2.45) is 5.92 Å². The van der Waals surface area contributed by atoms with Gasteiger partial charge in [-0.25, -0.2) is 0 Å². The molecule has 0 aromatic heterocycles. The molecule has 0 fully saturated rings. The first-order valence-electron chi connectivity index (χ1n) is 4.87. The molecule has 1 aromatic rings. The van der Waals surface area contributed by atoms with E-state index in [1.165, 1.54) is 12.8 Å². The van der Waals surface area contributed by atoms with Crippen molar-refractivity contribution < 1.29 is 0 Å². The van der Waals surface area contributed by atoms with Gasteiger partial charge in [0.1, 0.15) is 0 Å². The van der Waals surface area contributed by atoms with E-state index in [4.69, 9.17) is 0 Å². The van der Waals surface area contributed by atoms with Gasteiger partial charge in [0.25, 0.3) is 0 Å². The Hall–Kier alpha value is -0.780. The molecule has 0 bridgehead atoms. The van der Waals surface area contributed by atoms with E-state index in [1.807, 2.05) is 0 Å². The highest BCUT2D eigenvalue weighted by Gasteiger charge is 2.23. The monoisotopic (exact) mass is 160 g/mol. The van der Waals surface area contributed by atoms with Gasteiger partial charge in [-0.15, -0.1) is 0 Å². The van der Waals surface area contributed by atoms with Gasteiger partial charge in [0, 0.05) is 0 Å². The van der Waals surface area contributed by atoms with E-state index in [0.717, 1.165) is 11.8 Å². The Balaban J connectivity index is 2.36. The summed E-state index contributed by atoms with van der Waals surface area (Å²) >= 11 is 0. The summed E-state index contributed by atoms with van der Waals surface area (Å²) in [5.74, 6) is 1.62. The molecule has 0 heterocycles. The highest BCUT2D eigenvalue weighted by atomic mass is 14.3. The van der Waals surface area contributed by atoms with Gasteiger partial charge in [-0.2, -0.15) is 0 Å². The predicted octanol–water partition coefficient (Wildman–Crippen LogP) is 3.37. The Morgan fingerprint density at radius 3 is 2.75 bits per heavy atom. The topological polar surface area (TPSA) is 0 Å². The van der Waals surface area contributed by atoms with Gasteiger partial charge in [0.15, 0.2) is 0 Å². The van der Waals surface area contributed by atoms with Crippen LogP contribution < -0.4 is 0 Å². The predicted molar refractivity (Wildman–Crippen MR) is 52.3 cm³/mol. The molecule has 0 heteroatoms. The standard InChI is InChI=1S/C12H16/c1-9(2)11-8-7-10-5-3-4-6-12(10)11/h3-6,9,11H,7-8H2,1-2H3/t11-/m1/s1. The summed E-state index contributed by atoms with van der Waals surface area (Å²) in [6.45, 7) is 4.65. The summed E-state index contributed by atoms with van der Waals surface area (Å²) in [5, 5.41) is 0. The van der Waals surface area contributed by atoms with Gasteiger partial charge in [-0.1, -0.05) is 38.1 Å². The van der Waals surface area contributed by atoms with E-state index in [1.54, 1.807) is 11.1 Å². The minimum Gasteiger partial charge on any atom is -0.0622 e. The molecule has 0 nitrogen and oxygen atoms in total. The fourth-order valence-electron chi connectivity index (χ4n) is 2.28. The van der Waals surface area contributed by atoms with Gasteiger partial charge in [0.2, 0.25) is 0 Å². The Bertz CT molecular complexity index is 273. The number of hydrogen-bond acceptors (Lipinski definition) is 0. The zero-order valence-electron chi connectivity index (χ0n) is 7.88. The summed E-state index contributed by atoms with van der Waals surface area (Å²) in [6, 6.07) is 8.89. The molecule has 2 rings (SSSR count). The van der Waals surface area contributed by atoms with Crippen LogP contribution in [0.2, 0.25) is 0 Å².